The molecule has 2 rings (SSSR count). The molecule has 0 spiro atoms. The maximum Gasteiger partial charge on any atom is 0.412 e. The van der Waals surface area contributed by atoms with Gasteiger partial charge in [-0.15, -0.1) is 0 Å². The molecule has 20 heavy (non-hydrogen) atoms. The van der Waals surface area contributed by atoms with E-state index >= 15 is 0 Å². The number of pyridine rings is 1. The molecule has 0 saturated carbocycles. The number of carbonyl (C=O) groups excluding carboxylic acids is 1. The highest BCUT2D eigenvalue weighted by Gasteiger charge is 2.35. The van der Waals surface area contributed by atoms with Gasteiger partial charge < -0.3 is 4.90 Å². The summed E-state index contributed by atoms with van der Waals surface area (Å²) in [5.74, 6) is -0.338. The summed E-state index contributed by atoms with van der Waals surface area (Å²) < 4.78 is 37.5. The molecule has 0 N–H and O–H groups in total. The number of hydrogen-bond donors (Lipinski definition) is 0. The van der Waals surface area contributed by atoms with E-state index in [0.717, 1.165) is 6.08 Å². The van der Waals surface area contributed by atoms with Gasteiger partial charge in [-0.2, -0.15) is 13.2 Å². The van der Waals surface area contributed by atoms with Gasteiger partial charge in [-0.1, -0.05) is 17.7 Å². The van der Waals surface area contributed by atoms with Crippen LogP contribution in [0.4, 0.5) is 13.2 Å². The number of hydrogen-bond acceptors (Lipinski definition) is 2. The minimum atomic E-state index is -4.31. The average molecular weight is 305 g/mol. The molecule has 0 saturated heterocycles. The molecule has 0 bridgehead atoms. The van der Waals surface area contributed by atoms with E-state index < -0.39 is 11.7 Å². The number of carbonyl (C=O) groups is 1. The van der Waals surface area contributed by atoms with Gasteiger partial charge in [0.05, 0.1) is 0 Å². The van der Waals surface area contributed by atoms with Crippen LogP contribution in [0.3, 0.4) is 0 Å². The first-order valence-corrected chi connectivity index (χ1v) is 6.35. The van der Waals surface area contributed by atoms with E-state index in [1.807, 2.05) is 0 Å². The van der Waals surface area contributed by atoms with Gasteiger partial charge in [-0.3, -0.25) is 4.79 Å². The third kappa shape index (κ3) is 3.30. The zero-order valence-corrected chi connectivity index (χ0v) is 11.4. The maximum atomic E-state index is 12.5. The second-order valence-corrected chi connectivity index (χ2v) is 4.94. The van der Waals surface area contributed by atoms with Crippen molar-refractivity contribution in [1.29, 1.82) is 0 Å². The lowest BCUT2D eigenvalue weighted by Crippen LogP contribution is -2.36. The van der Waals surface area contributed by atoms with Crippen molar-refractivity contribution in [3.8, 4) is 0 Å². The first-order valence-electron chi connectivity index (χ1n) is 5.97. The molecule has 0 unspecified atom stereocenters. The molecule has 1 aliphatic rings. The normalized spacial score (nSPS) is 16.1. The van der Waals surface area contributed by atoms with E-state index in [1.165, 1.54) is 11.0 Å². The predicted molar refractivity (Wildman–Crippen MR) is 68.6 cm³/mol. The molecule has 3 nitrogen and oxygen atoms in total. The first kappa shape index (κ1) is 14.8. The van der Waals surface area contributed by atoms with Crippen LogP contribution < -0.4 is 0 Å². The van der Waals surface area contributed by atoms with Gasteiger partial charge >= 0.3 is 6.18 Å². The molecule has 1 aromatic rings. The van der Waals surface area contributed by atoms with Gasteiger partial charge in [0.15, 0.2) is 0 Å². The largest absolute Gasteiger partial charge is 0.412 e. The second kappa shape index (κ2) is 5.44. The molecular formula is C13H12ClF3N2O. The van der Waals surface area contributed by atoms with Crippen molar-refractivity contribution in [2.45, 2.75) is 19.5 Å². The van der Waals surface area contributed by atoms with Crippen LogP contribution in [0.1, 0.15) is 22.5 Å². The van der Waals surface area contributed by atoms with E-state index in [1.54, 1.807) is 13.0 Å². The number of nitrogens with zero attached hydrogens (tertiary/aromatic N) is 2. The Morgan fingerprint density at radius 2 is 2.10 bits per heavy atom. The highest BCUT2D eigenvalue weighted by Crippen LogP contribution is 2.30. The Hall–Kier alpha value is -1.56. The van der Waals surface area contributed by atoms with Crippen LogP contribution >= 0.6 is 11.6 Å². The summed E-state index contributed by atoms with van der Waals surface area (Å²) >= 11 is 5.77. The summed E-state index contributed by atoms with van der Waals surface area (Å²) in [5.41, 5.74) is 0.348. The van der Waals surface area contributed by atoms with Crippen molar-refractivity contribution < 1.29 is 18.0 Å². The Morgan fingerprint density at radius 3 is 2.60 bits per heavy atom. The molecule has 0 aromatic carbocycles. The predicted octanol–water partition coefficient (Wildman–Crippen LogP) is 3.38. The fraction of sp³-hybridized carbons (Fsp3) is 0.385. The van der Waals surface area contributed by atoms with Gasteiger partial charge in [0, 0.05) is 29.9 Å². The Morgan fingerprint density at radius 1 is 1.40 bits per heavy atom. The monoisotopic (exact) mass is 304 g/mol. The first-order chi connectivity index (χ1) is 9.27. The van der Waals surface area contributed by atoms with Gasteiger partial charge in [-0.25, -0.2) is 4.98 Å². The highest BCUT2D eigenvalue weighted by molar-refractivity contribution is 6.29. The zero-order chi connectivity index (χ0) is 14.9. The quantitative estimate of drug-likeness (QED) is 0.588. The Bertz CT molecular complexity index is 549. The van der Waals surface area contributed by atoms with Crippen LogP contribution in [0.2, 0.25) is 5.15 Å². The molecular weight excluding hydrogens is 293 g/mol. The van der Waals surface area contributed by atoms with Crippen molar-refractivity contribution in [3.05, 3.63) is 40.2 Å². The van der Waals surface area contributed by atoms with Crippen molar-refractivity contribution in [3.63, 3.8) is 0 Å². The van der Waals surface area contributed by atoms with E-state index in [0.29, 0.717) is 11.3 Å². The van der Waals surface area contributed by atoms with Crippen LogP contribution in [0.5, 0.6) is 0 Å². The smallest absolute Gasteiger partial charge is 0.335 e. The van der Waals surface area contributed by atoms with Crippen molar-refractivity contribution in [2.75, 3.05) is 13.1 Å². The van der Waals surface area contributed by atoms with E-state index in [2.05, 4.69) is 4.98 Å². The lowest BCUT2D eigenvalue weighted by Gasteiger charge is -2.27. The molecule has 1 amide bonds. The summed E-state index contributed by atoms with van der Waals surface area (Å²) in [7, 11) is 0. The van der Waals surface area contributed by atoms with Crippen molar-refractivity contribution >= 4 is 17.5 Å². The highest BCUT2D eigenvalue weighted by atomic mass is 35.5. The molecule has 108 valence electrons. The van der Waals surface area contributed by atoms with Gasteiger partial charge in [0.1, 0.15) is 5.15 Å². The Kier molecular flexibility index (Phi) is 4.04. The zero-order valence-electron chi connectivity index (χ0n) is 10.7. The molecule has 0 atom stereocenters. The molecule has 2 heterocycles. The molecule has 1 aliphatic heterocycles. The van der Waals surface area contributed by atoms with Crippen LogP contribution in [0.25, 0.3) is 0 Å². The average Bonchev–Trinajstić information content (AvgIpc) is 2.36. The Labute approximate surface area is 119 Å². The maximum absolute atomic E-state index is 12.5. The number of aromatic nitrogens is 1. The molecule has 0 aliphatic carbocycles. The third-order valence-corrected chi connectivity index (χ3v) is 3.22. The van der Waals surface area contributed by atoms with Crippen molar-refractivity contribution in [1.82, 2.24) is 9.88 Å². The lowest BCUT2D eigenvalue weighted by molar-refractivity contribution is -0.0957. The summed E-state index contributed by atoms with van der Waals surface area (Å²) in [4.78, 5) is 17.5. The van der Waals surface area contributed by atoms with Crippen molar-refractivity contribution in [2.24, 2.45) is 0 Å². The second-order valence-electron chi connectivity index (χ2n) is 4.55. The molecule has 1 aromatic heterocycles. The minimum Gasteiger partial charge on any atom is -0.335 e. The Balaban J connectivity index is 2.14. The van der Waals surface area contributed by atoms with Crippen LogP contribution in [-0.2, 0) is 0 Å². The fourth-order valence-corrected chi connectivity index (χ4v) is 2.30. The number of halogens is 4. The van der Waals surface area contributed by atoms with E-state index in [4.69, 9.17) is 11.6 Å². The summed E-state index contributed by atoms with van der Waals surface area (Å²) in [6, 6.07) is 2.98. The molecule has 0 radical (unpaired) electrons. The minimum absolute atomic E-state index is 0.0448. The van der Waals surface area contributed by atoms with Crippen LogP contribution in [0.15, 0.2) is 23.8 Å². The van der Waals surface area contributed by atoms with Gasteiger partial charge in [-0.05, 0) is 25.5 Å². The number of rotatable bonds is 1. The summed E-state index contributed by atoms with van der Waals surface area (Å²) in [5, 5.41) is 0.192. The van der Waals surface area contributed by atoms with Gasteiger partial charge in [0.2, 0.25) is 0 Å². The van der Waals surface area contributed by atoms with Crippen LogP contribution in [-0.4, -0.2) is 35.1 Å². The summed E-state index contributed by atoms with van der Waals surface area (Å²) in [6.07, 6.45) is -3.45. The SMILES string of the molecule is Cc1cc(C(=O)N2CC=C(C(F)(F)F)CC2)cc(Cl)n1. The number of alkyl halides is 3. The van der Waals surface area contributed by atoms with E-state index in [-0.39, 0.29) is 30.6 Å². The molecule has 7 heteroatoms. The lowest BCUT2D eigenvalue weighted by atomic mass is 10.1. The van der Waals surface area contributed by atoms with E-state index in [9.17, 15) is 18.0 Å². The summed E-state index contributed by atoms with van der Waals surface area (Å²) in [6.45, 7) is 1.69. The number of amides is 1. The molecule has 0 fully saturated rings. The van der Waals surface area contributed by atoms with Gasteiger partial charge in [0.25, 0.3) is 5.91 Å². The topological polar surface area (TPSA) is 33.2 Å². The standard InChI is InChI=1S/C13H12ClF3N2O/c1-8-6-9(7-11(14)18-8)12(20)19-4-2-10(3-5-19)13(15,16)17/h2,6-7H,3-5H2,1H3. The van der Waals surface area contributed by atoms with Crippen LogP contribution in [0, 0.1) is 6.92 Å². The third-order valence-electron chi connectivity index (χ3n) is 3.03. The fourth-order valence-electron chi connectivity index (χ4n) is 2.05. The number of aryl methyl sites for hydroxylation is 1.